The number of amidine groups is 1. The number of nitrogens with two attached hydrogens (primary N) is 1. The molecular weight excluding hydrogens is 404 g/mol. The summed E-state index contributed by atoms with van der Waals surface area (Å²) < 4.78 is 5.83. The first-order chi connectivity index (χ1) is 15.4. The van der Waals surface area contributed by atoms with Crippen molar-refractivity contribution in [1.82, 2.24) is 10.3 Å². The first kappa shape index (κ1) is 25.0. The summed E-state index contributed by atoms with van der Waals surface area (Å²) in [6.07, 6.45) is 3.52. The molecule has 0 saturated carbocycles. The molecule has 0 spiro atoms. The molecule has 0 radical (unpaired) electrons. The smallest absolute Gasteiger partial charge is 0.260 e. The summed E-state index contributed by atoms with van der Waals surface area (Å²) in [5, 5.41) is 10.2. The van der Waals surface area contributed by atoms with Crippen LogP contribution in [0.2, 0.25) is 0 Å². The van der Waals surface area contributed by atoms with Gasteiger partial charge in [-0.05, 0) is 56.3 Å². The van der Waals surface area contributed by atoms with Crippen molar-refractivity contribution in [1.29, 1.82) is 5.41 Å². The van der Waals surface area contributed by atoms with E-state index in [1.807, 2.05) is 27.0 Å². The SMILES string of the molecule is CCCC.CNCc1cc(OC(C)C)cc2c1CN(c1cccc(C(N)=NC=N)n1)C2=O. The van der Waals surface area contributed by atoms with Crippen LogP contribution >= 0.6 is 0 Å². The molecule has 0 aliphatic carbocycles. The molecule has 1 aromatic carbocycles. The van der Waals surface area contributed by atoms with Crippen LogP contribution < -0.4 is 20.7 Å². The van der Waals surface area contributed by atoms with Gasteiger partial charge in [0, 0.05) is 12.1 Å². The van der Waals surface area contributed by atoms with Gasteiger partial charge in [-0.3, -0.25) is 15.1 Å². The van der Waals surface area contributed by atoms with Crippen LogP contribution in [0.15, 0.2) is 35.3 Å². The number of carbonyl (C=O) groups is 1. The van der Waals surface area contributed by atoms with Crippen LogP contribution in [0, 0.1) is 5.41 Å². The van der Waals surface area contributed by atoms with Crippen molar-refractivity contribution in [3.05, 3.63) is 52.7 Å². The Bertz CT molecular complexity index is 969. The van der Waals surface area contributed by atoms with Gasteiger partial charge >= 0.3 is 0 Å². The van der Waals surface area contributed by atoms with Crippen LogP contribution in [0.5, 0.6) is 5.75 Å². The van der Waals surface area contributed by atoms with E-state index in [4.69, 9.17) is 15.9 Å². The number of hydrogen-bond acceptors (Lipinski definition) is 5. The van der Waals surface area contributed by atoms with Crippen molar-refractivity contribution in [2.24, 2.45) is 10.7 Å². The third-order valence-corrected chi connectivity index (χ3v) is 4.82. The zero-order valence-electron chi connectivity index (χ0n) is 19.6. The highest BCUT2D eigenvalue weighted by Crippen LogP contribution is 2.33. The lowest BCUT2D eigenvalue weighted by atomic mass is 10.0. The van der Waals surface area contributed by atoms with E-state index < -0.39 is 0 Å². The Morgan fingerprint density at radius 2 is 2.06 bits per heavy atom. The summed E-state index contributed by atoms with van der Waals surface area (Å²) in [6.45, 7) is 9.32. The zero-order valence-corrected chi connectivity index (χ0v) is 19.6. The highest BCUT2D eigenvalue weighted by molar-refractivity contribution is 6.10. The molecule has 0 atom stereocenters. The lowest BCUT2D eigenvalue weighted by molar-refractivity contribution is 0.0995. The second-order valence-electron chi connectivity index (χ2n) is 7.72. The average molecular weight is 439 g/mol. The quantitative estimate of drug-likeness (QED) is 0.427. The van der Waals surface area contributed by atoms with E-state index in [2.05, 4.69) is 29.1 Å². The number of hydrogen-bond donors (Lipinski definition) is 3. The van der Waals surface area contributed by atoms with Crippen LogP contribution in [0.1, 0.15) is 67.7 Å². The van der Waals surface area contributed by atoms with Crippen LogP contribution in [0.3, 0.4) is 0 Å². The van der Waals surface area contributed by atoms with E-state index >= 15 is 0 Å². The minimum absolute atomic E-state index is 0.0162. The molecule has 0 bridgehead atoms. The Morgan fingerprint density at radius 1 is 1.34 bits per heavy atom. The molecule has 3 rings (SSSR count). The van der Waals surface area contributed by atoms with Gasteiger partial charge in [-0.25, -0.2) is 9.98 Å². The number of rotatable bonds is 8. The fourth-order valence-electron chi connectivity index (χ4n) is 3.18. The number of nitrogens with zero attached hydrogens (tertiary/aromatic N) is 3. The number of pyridine rings is 1. The normalized spacial score (nSPS) is 13.0. The Hall–Kier alpha value is -3.26. The topological polar surface area (TPSA) is 117 Å². The molecule has 1 aliphatic heterocycles. The largest absolute Gasteiger partial charge is 0.491 e. The number of fused-ring (bicyclic) bond motifs is 1. The van der Waals surface area contributed by atoms with Crippen LogP contribution in [0.25, 0.3) is 0 Å². The highest BCUT2D eigenvalue weighted by atomic mass is 16.5. The van der Waals surface area contributed by atoms with Gasteiger partial charge < -0.3 is 15.8 Å². The van der Waals surface area contributed by atoms with Gasteiger partial charge in [0.05, 0.1) is 12.6 Å². The number of ether oxygens (including phenoxy) is 1. The van der Waals surface area contributed by atoms with Crippen molar-refractivity contribution in [2.45, 2.75) is 59.7 Å². The number of unbranched alkanes of at least 4 members (excludes halogenated alkanes) is 1. The van der Waals surface area contributed by atoms with Gasteiger partial charge in [0.2, 0.25) is 0 Å². The predicted octanol–water partition coefficient (Wildman–Crippen LogP) is 3.87. The Morgan fingerprint density at radius 3 is 2.66 bits per heavy atom. The molecule has 0 unspecified atom stereocenters. The summed E-state index contributed by atoms with van der Waals surface area (Å²) in [7, 11) is 1.87. The third kappa shape index (κ3) is 6.13. The first-order valence-corrected chi connectivity index (χ1v) is 10.9. The van der Waals surface area contributed by atoms with Crippen LogP contribution in [-0.2, 0) is 13.1 Å². The predicted molar refractivity (Wildman–Crippen MR) is 130 cm³/mol. The molecule has 0 saturated heterocycles. The van der Waals surface area contributed by atoms with Crippen molar-refractivity contribution < 1.29 is 9.53 Å². The molecule has 4 N–H and O–H groups in total. The Kier molecular flexibility index (Phi) is 9.34. The highest BCUT2D eigenvalue weighted by Gasteiger charge is 2.32. The van der Waals surface area contributed by atoms with Crippen LogP contribution in [0.4, 0.5) is 5.82 Å². The summed E-state index contributed by atoms with van der Waals surface area (Å²) >= 11 is 0. The molecule has 1 aliphatic rings. The molecule has 1 aromatic heterocycles. The summed E-state index contributed by atoms with van der Waals surface area (Å²) in [4.78, 5) is 22.9. The molecule has 0 fully saturated rings. The summed E-state index contributed by atoms with van der Waals surface area (Å²) in [6, 6.07) is 8.99. The monoisotopic (exact) mass is 438 g/mol. The van der Waals surface area contributed by atoms with E-state index in [1.54, 1.807) is 29.2 Å². The number of carbonyl (C=O) groups excluding carboxylic acids is 1. The Labute approximate surface area is 190 Å². The second kappa shape index (κ2) is 12.0. The fraction of sp³-hybridized carbons (Fsp3) is 0.417. The minimum atomic E-state index is -0.131. The molecule has 8 nitrogen and oxygen atoms in total. The van der Waals surface area contributed by atoms with E-state index in [9.17, 15) is 4.79 Å². The number of nitrogens with one attached hydrogen (secondary N) is 2. The van der Waals surface area contributed by atoms with Gasteiger partial charge in [0.1, 0.15) is 23.6 Å². The zero-order chi connectivity index (χ0) is 23.7. The molecule has 2 heterocycles. The van der Waals surface area contributed by atoms with Gasteiger partial charge in [0.25, 0.3) is 5.91 Å². The third-order valence-electron chi connectivity index (χ3n) is 4.82. The van der Waals surface area contributed by atoms with Crippen LogP contribution in [-0.4, -0.2) is 36.2 Å². The van der Waals surface area contributed by atoms with E-state index in [0.29, 0.717) is 35.9 Å². The molecule has 172 valence electrons. The molecule has 1 amide bonds. The van der Waals surface area contributed by atoms with Gasteiger partial charge in [-0.1, -0.05) is 32.8 Å². The van der Waals surface area contributed by atoms with Gasteiger partial charge in [0.15, 0.2) is 5.84 Å². The van der Waals surface area contributed by atoms with Crippen molar-refractivity contribution in [3.8, 4) is 5.75 Å². The fourth-order valence-corrected chi connectivity index (χ4v) is 3.18. The molecular formula is C24H34N6O2. The van der Waals surface area contributed by atoms with Crippen molar-refractivity contribution in [2.75, 3.05) is 11.9 Å². The first-order valence-electron chi connectivity index (χ1n) is 10.9. The molecule has 2 aromatic rings. The molecule has 32 heavy (non-hydrogen) atoms. The molecule has 8 heteroatoms. The number of aliphatic imine (C=N–C) groups is 1. The van der Waals surface area contributed by atoms with E-state index in [1.165, 1.54) is 12.8 Å². The number of anilines is 1. The lowest BCUT2D eigenvalue weighted by Gasteiger charge is -2.15. The van der Waals surface area contributed by atoms with E-state index in [0.717, 1.165) is 17.5 Å². The van der Waals surface area contributed by atoms with Crippen molar-refractivity contribution >= 4 is 23.9 Å². The number of aromatic nitrogens is 1. The Balaban J connectivity index is 0.000000837. The summed E-state index contributed by atoms with van der Waals surface area (Å²) in [5.41, 5.74) is 8.85. The van der Waals surface area contributed by atoms with Gasteiger partial charge in [-0.2, -0.15) is 0 Å². The maximum absolute atomic E-state index is 13.1. The maximum Gasteiger partial charge on any atom is 0.260 e. The van der Waals surface area contributed by atoms with Gasteiger partial charge in [-0.15, -0.1) is 0 Å². The van der Waals surface area contributed by atoms with E-state index in [-0.39, 0.29) is 17.8 Å². The lowest BCUT2D eigenvalue weighted by Crippen LogP contribution is -2.25. The second-order valence-corrected chi connectivity index (χ2v) is 7.72. The summed E-state index contributed by atoms with van der Waals surface area (Å²) in [5.74, 6) is 1.17. The number of benzene rings is 1. The maximum atomic E-state index is 13.1. The van der Waals surface area contributed by atoms with Crippen molar-refractivity contribution in [3.63, 3.8) is 0 Å². The standard InChI is InChI=1S/C20H24N6O2.C4H10/c1-12(2)28-14-7-13(9-23-3)16-10-26(20(27)15(16)8-14)18-6-4-5-17(25-18)19(22)24-11-21;1-3-4-2/h4-8,11-12,23H,9-10H2,1-3H3,(H3,21,22,24);3-4H2,1-2H3. The minimum Gasteiger partial charge on any atom is -0.491 e. The number of amides is 1. The average Bonchev–Trinajstić information content (AvgIpc) is 3.11.